The molecule has 0 saturated heterocycles. The third-order valence-electron chi connectivity index (χ3n) is 3.91. The van der Waals surface area contributed by atoms with Gasteiger partial charge in [-0.3, -0.25) is 4.90 Å². The van der Waals surface area contributed by atoms with Gasteiger partial charge < -0.3 is 4.74 Å². The summed E-state index contributed by atoms with van der Waals surface area (Å²) in [6.45, 7) is 3.79. The molecule has 5 heteroatoms. The smallest absolute Gasteiger partial charge is 0.328 e. The maximum absolute atomic E-state index is 12.5. The van der Waals surface area contributed by atoms with Gasteiger partial charge >= 0.3 is 5.97 Å². The molecule has 0 bridgehead atoms. The van der Waals surface area contributed by atoms with Crippen molar-refractivity contribution in [3.05, 3.63) is 56.7 Å². The molecule has 1 aliphatic rings. The van der Waals surface area contributed by atoms with Crippen molar-refractivity contribution < 1.29 is 9.53 Å². The number of carbonyl (C=O) groups is 1. The average molecular weight is 336 g/mol. The molecule has 1 unspecified atom stereocenters. The van der Waals surface area contributed by atoms with Gasteiger partial charge in [0.1, 0.15) is 6.04 Å². The van der Waals surface area contributed by atoms with Crippen LogP contribution in [-0.2, 0) is 22.5 Å². The van der Waals surface area contributed by atoms with Crippen molar-refractivity contribution in [3.8, 4) is 0 Å². The van der Waals surface area contributed by atoms with Gasteiger partial charge in [0.2, 0.25) is 0 Å². The number of esters is 1. The van der Waals surface area contributed by atoms with Crippen LogP contribution in [0.1, 0.15) is 29.0 Å². The van der Waals surface area contributed by atoms with Crippen LogP contribution in [-0.4, -0.2) is 24.0 Å². The quantitative estimate of drug-likeness (QED) is 0.789. The third kappa shape index (κ3) is 3.05. The van der Waals surface area contributed by atoms with Crippen LogP contribution in [0.3, 0.4) is 0 Å². The molecule has 0 spiro atoms. The molecule has 0 N–H and O–H groups in total. The summed E-state index contributed by atoms with van der Waals surface area (Å²) >= 11 is 8.12. The molecule has 116 valence electrons. The van der Waals surface area contributed by atoms with E-state index in [0.717, 1.165) is 25.1 Å². The van der Waals surface area contributed by atoms with Gasteiger partial charge in [-0.1, -0.05) is 29.8 Å². The second kappa shape index (κ2) is 6.82. The average Bonchev–Trinajstić information content (AvgIpc) is 2.97. The van der Waals surface area contributed by atoms with Gasteiger partial charge in [-0.15, -0.1) is 11.3 Å². The van der Waals surface area contributed by atoms with E-state index in [4.69, 9.17) is 16.3 Å². The van der Waals surface area contributed by atoms with Gasteiger partial charge in [-0.2, -0.15) is 0 Å². The van der Waals surface area contributed by atoms with Crippen molar-refractivity contribution in [2.45, 2.75) is 25.9 Å². The monoisotopic (exact) mass is 335 g/mol. The molecule has 0 aliphatic carbocycles. The number of rotatable bonds is 4. The Morgan fingerprint density at radius 2 is 2.23 bits per heavy atom. The summed E-state index contributed by atoms with van der Waals surface area (Å²) in [5, 5.41) is 2.72. The maximum Gasteiger partial charge on any atom is 0.328 e. The van der Waals surface area contributed by atoms with Crippen molar-refractivity contribution in [3.63, 3.8) is 0 Å². The van der Waals surface area contributed by atoms with Gasteiger partial charge in [0, 0.05) is 23.0 Å². The zero-order chi connectivity index (χ0) is 15.5. The molecule has 0 saturated carbocycles. The van der Waals surface area contributed by atoms with Crippen LogP contribution in [0.2, 0.25) is 5.02 Å². The Labute approximate surface area is 139 Å². The lowest BCUT2D eigenvalue weighted by Gasteiger charge is -2.33. The van der Waals surface area contributed by atoms with Crippen molar-refractivity contribution in [1.29, 1.82) is 0 Å². The minimum absolute atomic E-state index is 0.228. The summed E-state index contributed by atoms with van der Waals surface area (Å²) in [7, 11) is 0. The number of benzene rings is 1. The molecule has 2 heterocycles. The molecule has 2 aromatic rings. The first-order valence-corrected chi connectivity index (χ1v) is 8.66. The Bertz CT molecular complexity index is 670. The van der Waals surface area contributed by atoms with Crippen LogP contribution >= 0.6 is 22.9 Å². The standard InChI is InChI=1S/C17H18ClNO2S/c1-2-21-17(20)16(13-5-3-4-6-14(13)18)19-9-7-15-12(11-19)8-10-22-15/h3-6,8,10,16H,2,7,9,11H2,1H3. The second-order valence-electron chi connectivity index (χ2n) is 5.27. The lowest BCUT2D eigenvalue weighted by atomic mass is 10.0. The first-order valence-electron chi connectivity index (χ1n) is 7.41. The summed E-state index contributed by atoms with van der Waals surface area (Å²) in [6, 6.07) is 9.22. The maximum atomic E-state index is 12.5. The highest BCUT2D eigenvalue weighted by molar-refractivity contribution is 7.10. The number of fused-ring (bicyclic) bond motifs is 1. The summed E-state index contributed by atoms with van der Waals surface area (Å²) in [5.41, 5.74) is 2.12. The lowest BCUT2D eigenvalue weighted by Crippen LogP contribution is -2.38. The Balaban J connectivity index is 1.93. The number of thiophene rings is 1. The molecule has 1 atom stereocenters. The van der Waals surface area contributed by atoms with Crippen molar-refractivity contribution in [2.75, 3.05) is 13.2 Å². The molecule has 1 aliphatic heterocycles. The summed E-state index contributed by atoms with van der Waals surface area (Å²) < 4.78 is 5.30. The largest absolute Gasteiger partial charge is 0.465 e. The Morgan fingerprint density at radius 3 is 3.00 bits per heavy atom. The van der Waals surface area contributed by atoms with E-state index in [1.807, 2.05) is 31.2 Å². The molecule has 1 aromatic carbocycles. The Kier molecular flexibility index (Phi) is 4.81. The second-order valence-corrected chi connectivity index (χ2v) is 6.67. The molecule has 0 radical (unpaired) electrons. The zero-order valence-electron chi connectivity index (χ0n) is 12.4. The predicted octanol–water partition coefficient (Wildman–Crippen LogP) is 4.06. The number of hydrogen-bond donors (Lipinski definition) is 0. The number of carbonyl (C=O) groups excluding carboxylic acids is 1. The van der Waals surface area contributed by atoms with Gasteiger partial charge in [-0.05, 0) is 42.0 Å². The van der Waals surface area contributed by atoms with Crippen LogP contribution in [0, 0.1) is 0 Å². The molecule has 1 aromatic heterocycles. The fourth-order valence-electron chi connectivity index (χ4n) is 2.88. The number of hydrogen-bond acceptors (Lipinski definition) is 4. The van der Waals surface area contributed by atoms with Gasteiger partial charge in [0.05, 0.1) is 6.61 Å². The lowest BCUT2D eigenvalue weighted by molar-refractivity contribution is -0.150. The highest BCUT2D eigenvalue weighted by Crippen LogP contribution is 2.33. The highest BCUT2D eigenvalue weighted by Gasteiger charge is 2.33. The van der Waals surface area contributed by atoms with Crippen LogP contribution in [0.25, 0.3) is 0 Å². The van der Waals surface area contributed by atoms with Crippen molar-refractivity contribution in [1.82, 2.24) is 4.90 Å². The summed E-state index contributed by atoms with van der Waals surface area (Å²) in [4.78, 5) is 16.1. The molecule has 0 fully saturated rings. The Hall–Kier alpha value is -1.36. The number of nitrogens with zero attached hydrogens (tertiary/aromatic N) is 1. The predicted molar refractivity (Wildman–Crippen MR) is 89.3 cm³/mol. The van der Waals surface area contributed by atoms with E-state index in [9.17, 15) is 4.79 Å². The fourth-order valence-corrected chi connectivity index (χ4v) is 4.01. The van der Waals surface area contributed by atoms with Gasteiger partial charge in [0.15, 0.2) is 0 Å². The topological polar surface area (TPSA) is 29.5 Å². The third-order valence-corrected chi connectivity index (χ3v) is 5.28. The van der Waals surface area contributed by atoms with Crippen molar-refractivity contribution in [2.24, 2.45) is 0 Å². The van der Waals surface area contributed by atoms with E-state index in [0.29, 0.717) is 11.6 Å². The number of ether oxygens (including phenoxy) is 1. The fraction of sp³-hybridized carbons (Fsp3) is 0.353. The van der Waals surface area contributed by atoms with Crippen LogP contribution in [0.4, 0.5) is 0 Å². The van der Waals surface area contributed by atoms with E-state index in [2.05, 4.69) is 16.3 Å². The Morgan fingerprint density at radius 1 is 1.41 bits per heavy atom. The van der Waals surface area contributed by atoms with E-state index in [-0.39, 0.29) is 5.97 Å². The first-order chi connectivity index (χ1) is 10.7. The van der Waals surface area contributed by atoms with Gasteiger partial charge in [0.25, 0.3) is 0 Å². The minimum Gasteiger partial charge on any atom is -0.465 e. The summed E-state index contributed by atoms with van der Waals surface area (Å²) in [5.74, 6) is -0.228. The van der Waals surface area contributed by atoms with E-state index in [1.54, 1.807) is 11.3 Å². The SMILES string of the molecule is CCOC(=O)C(c1ccccc1Cl)N1CCc2sccc2C1. The van der Waals surface area contributed by atoms with Crippen molar-refractivity contribution >= 4 is 28.9 Å². The normalized spacial score (nSPS) is 16.1. The van der Waals surface area contributed by atoms with Gasteiger partial charge in [-0.25, -0.2) is 4.79 Å². The molecular weight excluding hydrogens is 318 g/mol. The number of halogens is 1. The molecule has 3 rings (SSSR count). The molecule has 3 nitrogen and oxygen atoms in total. The summed E-state index contributed by atoms with van der Waals surface area (Å²) in [6.07, 6.45) is 0.966. The highest BCUT2D eigenvalue weighted by atomic mass is 35.5. The van der Waals surface area contributed by atoms with Crippen LogP contribution in [0.5, 0.6) is 0 Å². The zero-order valence-corrected chi connectivity index (χ0v) is 14.0. The minimum atomic E-state index is -0.443. The van der Waals surface area contributed by atoms with Crippen LogP contribution < -0.4 is 0 Å². The molecule has 22 heavy (non-hydrogen) atoms. The van der Waals surface area contributed by atoms with E-state index in [1.165, 1.54) is 10.4 Å². The van der Waals surface area contributed by atoms with E-state index >= 15 is 0 Å². The van der Waals surface area contributed by atoms with Crippen LogP contribution in [0.15, 0.2) is 35.7 Å². The van der Waals surface area contributed by atoms with E-state index < -0.39 is 6.04 Å². The molecular formula is C17H18ClNO2S. The molecule has 0 amide bonds. The first kappa shape index (κ1) is 15.5.